The van der Waals surface area contributed by atoms with Crippen LogP contribution in [0, 0.1) is 0 Å². The molecule has 2 aromatic heterocycles. The van der Waals surface area contributed by atoms with Gasteiger partial charge in [0, 0.05) is 36.4 Å². The number of hydrogen-bond acceptors (Lipinski definition) is 3. The molecule has 0 radical (unpaired) electrons. The van der Waals surface area contributed by atoms with Crippen molar-refractivity contribution in [1.82, 2.24) is 24.6 Å². The maximum atomic E-state index is 6.07. The van der Waals surface area contributed by atoms with Gasteiger partial charge in [-0.15, -0.1) is 11.4 Å². The molecule has 10 rings (SSSR count). The minimum absolute atomic E-state index is 0.00316. The number of hydrogen-bond donors (Lipinski definition) is 2. The smallest absolute Gasteiger partial charge is 0.342 e. The molecule has 4 aromatic carbocycles. The van der Waals surface area contributed by atoms with E-state index in [2.05, 4.69) is 163 Å². The summed E-state index contributed by atoms with van der Waals surface area (Å²) in [5, 5.41) is 8.49. The maximum Gasteiger partial charge on any atom is 0.342 e. The zero-order chi connectivity index (χ0) is 40.8. The van der Waals surface area contributed by atoms with Gasteiger partial charge in [0.2, 0.25) is 0 Å². The molecule has 4 aliphatic rings. The maximum absolute atomic E-state index is 6.07. The molecule has 0 aliphatic carbocycles. The van der Waals surface area contributed by atoms with Crippen LogP contribution >= 0.6 is 0 Å². The van der Waals surface area contributed by atoms with Crippen LogP contribution in [0.25, 0.3) is 39.5 Å². The van der Waals surface area contributed by atoms with Gasteiger partial charge in [0.15, 0.2) is 0 Å². The average Bonchev–Trinajstić information content (AvgIpc) is 4.13. The van der Waals surface area contributed by atoms with Crippen LogP contribution in [0.5, 0.6) is 0 Å². The number of aromatic nitrogens is 2. The average molecular weight is 792 g/mol. The van der Waals surface area contributed by atoms with Crippen LogP contribution in [-0.2, 0) is 0 Å². The molecule has 0 amide bonds. The molecule has 60 heavy (non-hydrogen) atoms. The Morgan fingerprint density at radius 1 is 0.750 bits per heavy atom. The van der Waals surface area contributed by atoms with E-state index < -0.39 is 8.07 Å². The van der Waals surface area contributed by atoms with Gasteiger partial charge >= 0.3 is 17.6 Å². The molecular formula is C53H43N6Si+. The number of benzene rings is 4. The van der Waals surface area contributed by atoms with Crippen molar-refractivity contribution in [3.8, 4) is 11.4 Å². The molecule has 1 unspecified atom stereocenters. The summed E-state index contributed by atoms with van der Waals surface area (Å²) in [6.45, 7) is 7.12. The van der Waals surface area contributed by atoms with Crippen molar-refractivity contribution in [3.05, 3.63) is 224 Å². The van der Waals surface area contributed by atoms with Crippen molar-refractivity contribution < 1.29 is 0 Å². The summed E-state index contributed by atoms with van der Waals surface area (Å²) in [4.78, 5) is 10.0. The number of rotatable bonds is 8. The van der Waals surface area contributed by atoms with Gasteiger partial charge < -0.3 is 16.0 Å². The van der Waals surface area contributed by atoms with Crippen molar-refractivity contribution in [2.45, 2.75) is 26.1 Å². The molecule has 1 atom stereocenters. The van der Waals surface area contributed by atoms with Crippen LogP contribution in [-0.4, -0.2) is 43.0 Å². The lowest BCUT2D eigenvalue weighted by atomic mass is 9.88. The number of nitrogens with one attached hydrogen (secondary N) is 1. The van der Waals surface area contributed by atoms with E-state index in [-0.39, 0.29) is 6.04 Å². The van der Waals surface area contributed by atoms with Crippen molar-refractivity contribution in [3.63, 3.8) is 0 Å². The molecule has 0 saturated carbocycles. The van der Waals surface area contributed by atoms with Crippen molar-refractivity contribution in [2.24, 2.45) is 5.73 Å². The molecule has 6 heterocycles. The highest BCUT2D eigenvalue weighted by atomic mass is 28.3. The van der Waals surface area contributed by atoms with E-state index in [0.29, 0.717) is 0 Å². The third-order valence-electron chi connectivity index (χ3n) is 12.0. The van der Waals surface area contributed by atoms with Crippen molar-refractivity contribution >= 4 is 60.0 Å². The Morgan fingerprint density at radius 3 is 2.20 bits per heavy atom. The largest absolute Gasteiger partial charge is 0.656 e. The molecule has 0 bridgehead atoms. The van der Waals surface area contributed by atoms with Gasteiger partial charge in [-0.1, -0.05) is 125 Å². The van der Waals surface area contributed by atoms with Gasteiger partial charge in [-0.3, -0.25) is 4.98 Å². The monoisotopic (exact) mass is 791 g/mol. The first-order chi connectivity index (χ1) is 29.4. The van der Waals surface area contributed by atoms with Gasteiger partial charge in [0.1, 0.15) is 14.1 Å². The van der Waals surface area contributed by atoms with Gasteiger partial charge in [-0.05, 0) is 104 Å². The predicted molar refractivity (Wildman–Crippen MR) is 253 cm³/mol. The number of allylic oxidation sites excluding steroid dienone is 6. The van der Waals surface area contributed by atoms with Gasteiger partial charge in [0.05, 0.1) is 16.7 Å². The highest BCUT2D eigenvalue weighted by Gasteiger charge is 2.44. The molecule has 0 spiro atoms. The van der Waals surface area contributed by atoms with E-state index in [9.17, 15) is 0 Å². The van der Waals surface area contributed by atoms with Gasteiger partial charge in [-0.2, -0.15) is 0 Å². The minimum Gasteiger partial charge on any atom is -0.656 e. The van der Waals surface area contributed by atoms with Crippen LogP contribution in [0.3, 0.4) is 0 Å². The second-order valence-corrected chi connectivity index (χ2v) is 20.2. The fraction of sp³-hybridized carbons (Fsp3) is 0.0755. The normalized spacial score (nSPS) is 18.1. The number of dihydropyridines is 1. The zero-order valence-corrected chi connectivity index (χ0v) is 34.8. The molecular weight excluding hydrogens is 749 g/mol. The Labute approximate surface area is 350 Å². The van der Waals surface area contributed by atoms with Crippen LogP contribution in [0.15, 0.2) is 175 Å². The molecule has 3 N–H and O–H groups in total. The summed E-state index contributed by atoms with van der Waals surface area (Å²) in [5.41, 5.74) is 22.4. The summed E-state index contributed by atoms with van der Waals surface area (Å²) in [7, 11) is -2.53. The molecule has 6 nitrogen and oxygen atoms in total. The van der Waals surface area contributed by atoms with Crippen LogP contribution in [0.4, 0.5) is 0 Å². The Kier molecular flexibility index (Phi) is 9.20. The molecule has 4 aliphatic heterocycles. The van der Waals surface area contributed by atoms with Gasteiger partial charge in [-0.25, -0.2) is 0 Å². The first kappa shape index (κ1) is 36.8. The number of fused-ring (bicyclic) bond motifs is 1. The zero-order valence-electron chi connectivity index (χ0n) is 33.8. The van der Waals surface area contributed by atoms with E-state index in [4.69, 9.17) is 15.4 Å². The van der Waals surface area contributed by atoms with E-state index >= 15 is 0 Å². The highest BCUT2D eigenvalue weighted by molar-refractivity contribution is 7.05. The van der Waals surface area contributed by atoms with Gasteiger partial charge in [0.25, 0.3) is 6.21 Å². The minimum atomic E-state index is -2.53. The van der Waals surface area contributed by atoms with E-state index in [1.54, 1.807) is 6.20 Å². The third kappa shape index (κ3) is 6.35. The second kappa shape index (κ2) is 15.0. The molecule has 6 aromatic rings. The Hall–Kier alpha value is -7.53. The fourth-order valence-corrected chi connectivity index (χ4v) is 12.8. The topological polar surface area (TPSA) is 93.2 Å². The van der Waals surface area contributed by atoms with Crippen molar-refractivity contribution in [2.75, 3.05) is 0 Å². The second-order valence-electron chi connectivity index (χ2n) is 15.9. The predicted octanol–water partition coefficient (Wildman–Crippen LogP) is 6.68. The fourth-order valence-electron chi connectivity index (χ4n) is 9.09. The van der Waals surface area contributed by atoms with E-state index in [0.717, 1.165) is 72.3 Å². The molecule has 0 saturated heterocycles. The SMILES string of the molecule is C/C(c1ccc(C2=C(C3=CNC(C4=[N+]=CC=C4)C=C3)[Si](C)(C)C(c3ccc(-c4ccccn4)[n-]3)=C2c2ccc(C3=[N+]=Cc4ccccc43)cc2)cc1)=c1/cccc/c1=C/N. The van der Waals surface area contributed by atoms with Crippen LogP contribution in [0.2, 0.25) is 13.1 Å². The first-order valence-electron chi connectivity index (χ1n) is 20.4. The lowest BCUT2D eigenvalue weighted by molar-refractivity contribution is 0.859. The summed E-state index contributed by atoms with van der Waals surface area (Å²) in [5.74, 6) is 0. The molecule has 7 heteroatoms. The van der Waals surface area contributed by atoms with Crippen LogP contribution < -0.4 is 35.8 Å². The molecule has 0 fully saturated rings. The standard InChI is InChI=1S/C53H41N6Si/c1-34(42-13-6-4-11-39(42)31-54)35-17-19-36(20-18-35)49-50(37-21-23-38(24-22-37)51-43-14-7-5-12-40(43)32-58-51)53(48-28-27-47(59-48)45-15-8-9-29-55-45)60(2,3)52(49)41-25-26-46(57-33-41)44-16-10-30-56-44/h4-33,46,54H,1-3H3/q-1/p+2. The lowest BCUT2D eigenvalue weighted by Crippen LogP contribution is -2.36. The highest BCUT2D eigenvalue weighted by Crippen LogP contribution is 2.54. The molecule has 288 valence electrons. The summed E-state index contributed by atoms with van der Waals surface area (Å²) >= 11 is 0. The Morgan fingerprint density at radius 2 is 1.47 bits per heavy atom. The summed E-state index contributed by atoms with van der Waals surface area (Å²) in [6, 6.07) is 45.1. The first-order valence-corrected chi connectivity index (χ1v) is 23.4. The van der Waals surface area contributed by atoms with Crippen LogP contribution in [0.1, 0.15) is 46.0 Å². The summed E-state index contributed by atoms with van der Waals surface area (Å²) in [6.07, 6.45) is 18.1. The van der Waals surface area contributed by atoms with E-state index in [1.165, 1.54) is 32.7 Å². The Balaban J connectivity index is 1.18. The number of nitrogens with two attached hydrogens (primary N) is 1. The lowest BCUT2D eigenvalue weighted by Gasteiger charge is -2.30. The van der Waals surface area contributed by atoms with E-state index in [1.807, 2.05) is 49.0 Å². The summed E-state index contributed by atoms with van der Waals surface area (Å²) < 4.78 is 9.46. The Bertz CT molecular complexity index is 3160. The number of nitrogens with zero attached hydrogens (tertiary/aromatic N) is 4. The quantitative estimate of drug-likeness (QED) is 0.133. The number of pyridine rings is 1. The third-order valence-corrected chi connectivity index (χ3v) is 15.6. The van der Waals surface area contributed by atoms with Crippen molar-refractivity contribution in [1.29, 1.82) is 0 Å².